The molecular formula is C21H26N4O3. The second-order valence-corrected chi connectivity index (χ2v) is 7.84. The summed E-state index contributed by atoms with van der Waals surface area (Å²) in [6, 6.07) is 9.85. The summed E-state index contributed by atoms with van der Waals surface area (Å²) in [6.07, 6.45) is 4.61. The summed E-state index contributed by atoms with van der Waals surface area (Å²) in [5, 5.41) is 4.47. The van der Waals surface area contributed by atoms with Gasteiger partial charge in [-0.05, 0) is 65.0 Å². The van der Waals surface area contributed by atoms with E-state index in [9.17, 15) is 4.79 Å². The minimum Gasteiger partial charge on any atom is -0.487 e. The fourth-order valence-corrected chi connectivity index (χ4v) is 2.51. The van der Waals surface area contributed by atoms with Gasteiger partial charge in [-0.15, -0.1) is 0 Å². The monoisotopic (exact) mass is 382 g/mol. The lowest BCUT2D eigenvalue weighted by atomic mass is 10.1. The van der Waals surface area contributed by atoms with E-state index in [2.05, 4.69) is 23.9 Å². The summed E-state index contributed by atoms with van der Waals surface area (Å²) in [4.78, 5) is 16.4. The van der Waals surface area contributed by atoms with Crippen molar-refractivity contribution >= 4 is 6.09 Å². The third kappa shape index (κ3) is 5.00. The van der Waals surface area contributed by atoms with Gasteiger partial charge in [-0.2, -0.15) is 5.10 Å². The average Bonchev–Trinajstić information content (AvgIpc) is 3.29. The van der Waals surface area contributed by atoms with E-state index in [0.29, 0.717) is 18.3 Å². The van der Waals surface area contributed by atoms with Crippen LogP contribution < -0.4 is 4.74 Å². The van der Waals surface area contributed by atoms with Gasteiger partial charge in [-0.3, -0.25) is 4.68 Å². The number of imidazole rings is 1. The number of ether oxygens (including phenoxy) is 2. The lowest BCUT2D eigenvalue weighted by Gasteiger charge is -2.19. The fourth-order valence-electron chi connectivity index (χ4n) is 2.51. The molecule has 28 heavy (non-hydrogen) atoms. The molecule has 0 aliphatic rings. The maximum Gasteiger partial charge on any atom is 0.419 e. The van der Waals surface area contributed by atoms with Gasteiger partial charge in [0.2, 0.25) is 0 Å². The molecule has 7 nitrogen and oxygen atoms in total. The molecule has 2 heterocycles. The van der Waals surface area contributed by atoms with Crippen LogP contribution in [-0.4, -0.2) is 31.0 Å². The second-order valence-electron chi connectivity index (χ2n) is 7.84. The minimum atomic E-state index is -0.550. The number of carbonyl (C=O) groups is 1. The molecule has 0 bridgehead atoms. The molecule has 0 aliphatic carbocycles. The van der Waals surface area contributed by atoms with Gasteiger partial charge in [-0.25, -0.2) is 14.3 Å². The van der Waals surface area contributed by atoms with Crippen molar-refractivity contribution in [2.24, 2.45) is 0 Å². The summed E-state index contributed by atoms with van der Waals surface area (Å²) < 4.78 is 14.4. The van der Waals surface area contributed by atoms with Crippen LogP contribution in [0.25, 0.3) is 11.3 Å². The zero-order chi connectivity index (χ0) is 20.3. The lowest BCUT2D eigenvalue weighted by molar-refractivity contribution is 0.0536. The Kier molecular flexibility index (Phi) is 5.53. The van der Waals surface area contributed by atoms with Crippen LogP contribution in [0.4, 0.5) is 4.79 Å². The van der Waals surface area contributed by atoms with Gasteiger partial charge in [-0.1, -0.05) is 0 Å². The first-order valence-corrected chi connectivity index (χ1v) is 9.26. The maximum atomic E-state index is 12.1. The van der Waals surface area contributed by atoms with Gasteiger partial charge in [0.1, 0.15) is 24.3 Å². The molecule has 1 aromatic carbocycles. The van der Waals surface area contributed by atoms with Crippen LogP contribution in [0.2, 0.25) is 0 Å². The topological polar surface area (TPSA) is 71.2 Å². The third-order valence-electron chi connectivity index (χ3n) is 3.92. The fraction of sp³-hybridized carbons (Fsp3) is 0.381. The number of benzene rings is 1. The van der Waals surface area contributed by atoms with Crippen molar-refractivity contribution < 1.29 is 14.3 Å². The Bertz CT molecular complexity index is 933. The van der Waals surface area contributed by atoms with E-state index < -0.39 is 11.7 Å². The summed E-state index contributed by atoms with van der Waals surface area (Å²) >= 11 is 0. The molecule has 0 radical (unpaired) electrons. The molecule has 0 saturated carbocycles. The molecule has 0 fully saturated rings. The molecule has 0 amide bonds. The predicted octanol–water partition coefficient (Wildman–Crippen LogP) is 4.69. The summed E-state index contributed by atoms with van der Waals surface area (Å²) in [6.45, 7) is 10.1. The lowest BCUT2D eigenvalue weighted by Crippen LogP contribution is -2.26. The van der Waals surface area contributed by atoms with Crippen molar-refractivity contribution in [2.45, 2.75) is 52.9 Å². The Hall–Kier alpha value is -3.09. The first-order chi connectivity index (χ1) is 13.2. The largest absolute Gasteiger partial charge is 0.487 e. The highest BCUT2D eigenvalue weighted by Crippen LogP contribution is 2.22. The molecule has 2 aromatic heterocycles. The van der Waals surface area contributed by atoms with Crippen LogP contribution in [0.15, 0.2) is 49.1 Å². The van der Waals surface area contributed by atoms with E-state index in [4.69, 9.17) is 9.47 Å². The number of aromatic nitrogens is 4. The van der Waals surface area contributed by atoms with Crippen molar-refractivity contribution in [1.82, 2.24) is 19.3 Å². The van der Waals surface area contributed by atoms with Crippen molar-refractivity contribution in [2.75, 3.05) is 0 Å². The molecule has 7 heteroatoms. The molecular weight excluding hydrogens is 356 g/mol. The Morgan fingerprint density at radius 2 is 1.86 bits per heavy atom. The molecule has 148 valence electrons. The third-order valence-corrected chi connectivity index (χ3v) is 3.92. The van der Waals surface area contributed by atoms with Crippen LogP contribution in [0.1, 0.15) is 46.4 Å². The molecule has 0 saturated heterocycles. The van der Waals surface area contributed by atoms with Crippen molar-refractivity contribution in [3.63, 3.8) is 0 Å². The first kappa shape index (κ1) is 19.7. The Labute approximate surface area is 164 Å². The predicted molar refractivity (Wildman–Crippen MR) is 106 cm³/mol. The molecule has 3 aromatic rings. The van der Waals surface area contributed by atoms with E-state index >= 15 is 0 Å². The number of carbonyl (C=O) groups excluding carboxylic acids is 1. The van der Waals surface area contributed by atoms with E-state index in [1.807, 2.05) is 62.0 Å². The van der Waals surface area contributed by atoms with Gasteiger partial charge in [0, 0.05) is 24.0 Å². The van der Waals surface area contributed by atoms with Crippen LogP contribution >= 0.6 is 0 Å². The standard InChI is InChI=1S/C21H26N4O3/c1-15(2)25-11-10-17(23-25)13-27-18-8-6-16(7-9-18)19-12-24(14-22-19)20(26)28-21(3,4)5/h6-12,14-15H,13H2,1-5H3. The second kappa shape index (κ2) is 7.88. The summed E-state index contributed by atoms with van der Waals surface area (Å²) in [7, 11) is 0. The minimum absolute atomic E-state index is 0.327. The van der Waals surface area contributed by atoms with Gasteiger partial charge in [0.05, 0.1) is 11.4 Å². The highest BCUT2D eigenvalue weighted by molar-refractivity contribution is 5.73. The number of hydrogen-bond acceptors (Lipinski definition) is 5. The van der Waals surface area contributed by atoms with Crippen molar-refractivity contribution in [1.29, 1.82) is 0 Å². The maximum absolute atomic E-state index is 12.1. The molecule has 0 N–H and O–H groups in total. The molecule has 0 unspecified atom stereocenters. The quantitative estimate of drug-likeness (QED) is 0.640. The summed E-state index contributed by atoms with van der Waals surface area (Å²) in [5.41, 5.74) is 1.91. The van der Waals surface area contributed by atoms with Gasteiger partial charge < -0.3 is 9.47 Å². The number of nitrogens with zero attached hydrogens (tertiary/aromatic N) is 4. The Balaban J connectivity index is 1.62. The van der Waals surface area contributed by atoms with Crippen molar-refractivity contribution in [3.05, 3.63) is 54.7 Å². The van der Waals surface area contributed by atoms with Gasteiger partial charge in [0.15, 0.2) is 0 Å². The molecule has 0 atom stereocenters. The SMILES string of the molecule is CC(C)n1ccc(COc2ccc(-c3cn(C(=O)OC(C)(C)C)cn3)cc2)n1. The van der Waals surface area contributed by atoms with Crippen LogP contribution in [0.3, 0.4) is 0 Å². The number of hydrogen-bond donors (Lipinski definition) is 0. The summed E-state index contributed by atoms with van der Waals surface area (Å²) in [5.74, 6) is 0.745. The molecule has 3 rings (SSSR count). The first-order valence-electron chi connectivity index (χ1n) is 9.26. The highest BCUT2D eigenvalue weighted by atomic mass is 16.6. The zero-order valence-corrected chi connectivity index (χ0v) is 16.9. The van der Waals surface area contributed by atoms with E-state index in [1.54, 1.807) is 6.20 Å². The van der Waals surface area contributed by atoms with Crippen LogP contribution in [0, 0.1) is 0 Å². The number of rotatable bonds is 5. The van der Waals surface area contributed by atoms with Crippen molar-refractivity contribution in [3.8, 4) is 17.0 Å². The van der Waals surface area contributed by atoms with Crippen LogP contribution in [-0.2, 0) is 11.3 Å². The Morgan fingerprint density at radius 1 is 1.14 bits per heavy atom. The van der Waals surface area contributed by atoms with E-state index in [1.165, 1.54) is 10.9 Å². The highest BCUT2D eigenvalue weighted by Gasteiger charge is 2.18. The smallest absolute Gasteiger partial charge is 0.419 e. The van der Waals surface area contributed by atoms with Crippen LogP contribution in [0.5, 0.6) is 5.75 Å². The zero-order valence-electron chi connectivity index (χ0n) is 16.9. The average molecular weight is 382 g/mol. The molecule has 0 aliphatic heterocycles. The van der Waals surface area contributed by atoms with Gasteiger partial charge >= 0.3 is 6.09 Å². The van der Waals surface area contributed by atoms with E-state index in [0.717, 1.165) is 17.0 Å². The molecule has 0 spiro atoms. The van der Waals surface area contributed by atoms with Gasteiger partial charge in [0.25, 0.3) is 0 Å². The van der Waals surface area contributed by atoms with E-state index in [-0.39, 0.29) is 0 Å². The normalized spacial score (nSPS) is 11.6. The Morgan fingerprint density at radius 3 is 2.46 bits per heavy atom.